The zero-order chi connectivity index (χ0) is 13.8. The van der Waals surface area contributed by atoms with Crippen LogP contribution in [0.25, 0.3) is 0 Å². The van der Waals surface area contributed by atoms with E-state index in [1.807, 2.05) is 41.8 Å². The van der Waals surface area contributed by atoms with Crippen LogP contribution in [0.15, 0.2) is 41.8 Å². The average molecular weight is 287 g/mol. The van der Waals surface area contributed by atoms with Crippen LogP contribution < -0.4 is 15.5 Å². The number of anilines is 2. The molecule has 1 aliphatic rings. The second-order valence-electron chi connectivity index (χ2n) is 4.72. The van der Waals surface area contributed by atoms with Gasteiger partial charge >= 0.3 is 0 Å². The first-order valence-corrected chi connectivity index (χ1v) is 7.58. The number of fused-ring (bicyclic) bond motifs is 1. The first-order chi connectivity index (χ1) is 9.83. The Bertz CT molecular complexity index is 583. The molecule has 0 aliphatic carbocycles. The number of nitrogens with one attached hydrogen (secondary N) is 2. The Balaban J connectivity index is 1.59. The molecule has 0 radical (unpaired) electrons. The van der Waals surface area contributed by atoms with Crippen molar-refractivity contribution >= 4 is 28.6 Å². The summed E-state index contributed by atoms with van der Waals surface area (Å²) < 4.78 is 0. The van der Waals surface area contributed by atoms with Crippen molar-refractivity contribution in [3.05, 3.63) is 46.7 Å². The number of nitrogens with zero attached hydrogens (tertiary/aromatic N) is 1. The monoisotopic (exact) mass is 287 g/mol. The van der Waals surface area contributed by atoms with Crippen molar-refractivity contribution in [1.82, 2.24) is 5.32 Å². The predicted molar refractivity (Wildman–Crippen MR) is 83.3 cm³/mol. The molecule has 0 unspecified atom stereocenters. The highest BCUT2D eigenvalue weighted by molar-refractivity contribution is 7.09. The van der Waals surface area contributed by atoms with E-state index in [0.717, 1.165) is 24.5 Å². The molecule has 5 heteroatoms. The Morgan fingerprint density at radius 1 is 1.30 bits per heavy atom. The number of hydrogen-bond acceptors (Lipinski definition) is 4. The smallest absolute Gasteiger partial charge is 0.239 e. The Hall–Kier alpha value is -2.01. The highest BCUT2D eigenvalue weighted by atomic mass is 32.1. The van der Waals surface area contributed by atoms with E-state index >= 15 is 0 Å². The van der Waals surface area contributed by atoms with Crippen molar-refractivity contribution in [3.8, 4) is 0 Å². The third kappa shape index (κ3) is 2.93. The van der Waals surface area contributed by atoms with Gasteiger partial charge in [-0.15, -0.1) is 11.3 Å². The summed E-state index contributed by atoms with van der Waals surface area (Å²) >= 11 is 1.66. The lowest BCUT2D eigenvalue weighted by atomic mass is 10.2. The molecule has 2 heterocycles. The van der Waals surface area contributed by atoms with Crippen LogP contribution in [0.1, 0.15) is 4.88 Å². The van der Waals surface area contributed by atoms with Gasteiger partial charge in [0.05, 0.1) is 24.5 Å². The van der Waals surface area contributed by atoms with Gasteiger partial charge in [0.2, 0.25) is 5.91 Å². The number of para-hydroxylation sites is 2. The van der Waals surface area contributed by atoms with Gasteiger partial charge in [0.25, 0.3) is 0 Å². The summed E-state index contributed by atoms with van der Waals surface area (Å²) in [6.07, 6.45) is 0. The van der Waals surface area contributed by atoms with Crippen LogP contribution in [0.2, 0.25) is 0 Å². The number of rotatable bonds is 4. The maximum Gasteiger partial charge on any atom is 0.239 e. The molecule has 104 valence electrons. The lowest BCUT2D eigenvalue weighted by Crippen LogP contribution is -2.41. The summed E-state index contributed by atoms with van der Waals surface area (Å²) in [5.41, 5.74) is 2.20. The molecule has 0 fully saturated rings. The van der Waals surface area contributed by atoms with Crippen molar-refractivity contribution in [2.75, 3.05) is 29.9 Å². The van der Waals surface area contributed by atoms with Crippen LogP contribution in [0.3, 0.4) is 0 Å². The zero-order valence-electron chi connectivity index (χ0n) is 11.1. The molecule has 1 aromatic carbocycles. The Morgan fingerprint density at radius 2 is 2.20 bits per heavy atom. The van der Waals surface area contributed by atoms with Crippen LogP contribution in [0.5, 0.6) is 0 Å². The Kier molecular flexibility index (Phi) is 3.87. The lowest BCUT2D eigenvalue weighted by Gasteiger charge is -2.31. The molecular formula is C15H17N3OS. The van der Waals surface area contributed by atoms with E-state index in [1.54, 1.807) is 11.3 Å². The van der Waals surface area contributed by atoms with E-state index in [2.05, 4.69) is 15.5 Å². The first-order valence-electron chi connectivity index (χ1n) is 6.70. The number of carbonyl (C=O) groups excluding carboxylic acids is 1. The molecule has 4 nitrogen and oxygen atoms in total. The summed E-state index contributed by atoms with van der Waals surface area (Å²) in [6.45, 7) is 2.74. The molecule has 1 aliphatic heterocycles. The fourth-order valence-electron chi connectivity index (χ4n) is 2.34. The number of amides is 1. The van der Waals surface area contributed by atoms with Crippen molar-refractivity contribution in [1.29, 1.82) is 0 Å². The predicted octanol–water partition coefficient (Wildman–Crippen LogP) is 2.30. The van der Waals surface area contributed by atoms with E-state index < -0.39 is 0 Å². The largest absolute Gasteiger partial charge is 0.382 e. The molecule has 2 aromatic rings. The maximum atomic E-state index is 12.0. The van der Waals surface area contributed by atoms with Crippen LogP contribution in [0, 0.1) is 0 Å². The summed E-state index contributed by atoms with van der Waals surface area (Å²) in [7, 11) is 0. The number of thiophene rings is 1. The van der Waals surface area contributed by atoms with Crippen molar-refractivity contribution in [3.63, 3.8) is 0 Å². The third-order valence-electron chi connectivity index (χ3n) is 3.32. The summed E-state index contributed by atoms with van der Waals surface area (Å²) in [5.74, 6) is 0.0649. The van der Waals surface area contributed by atoms with Crippen molar-refractivity contribution in [2.45, 2.75) is 6.54 Å². The third-order valence-corrected chi connectivity index (χ3v) is 4.19. The van der Waals surface area contributed by atoms with Crippen LogP contribution in [0.4, 0.5) is 11.4 Å². The molecule has 0 bridgehead atoms. The summed E-state index contributed by atoms with van der Waals surface area (Å²) in [4.78, 5) is 15.3. The molecule has 3 rings (SSSR count). The molecule has 0 saturated carbocycles. The first kappa shape index (κ1) is 13.0. The fourth-order valence-corrected chi connectivity index (χ4v) is 2.98. The minimum absolute atomic E-state index is 0.0649. The van der Waals surface area contributed by atoms with Gasteiger partial charge in [-0.05, 0) is 23.6 Å². The van der Waals surface area contributed by atoms with Gasteiger partial charge in [-0.3, -0.25) is 4.79 Å². The highest BCUT2D eigenvalue weighted by Crippen LogP contribution is 2.27. The molecule has 20 heavy (non-hydrogen) atoms. The normalized spacial score (nSPS) is 13.5. The van der Waals surface area contributed by atoms with Crippen molar-refractivity contribution in [2.24, 2.45) is 0 Å². The molecule has 2 N–H and O–H groups in total. The van der Waals surface area contributed by atoms with Crippen molar-refractivity contribution < 1.29 is 4.79 Å². The summed E-state index contributed by atoms with van der Waals surface area (Å²) in [6, 6.07) is 12.1. The zero-order valence-corrected chi connectivity index (χ0v) is 12.0. The van der Waals surface area contributed by atoms with Gasteiger partial charge in [0, 0.05) is 18.0 Å². The van der Waals surface area contributed by atoms with Crippen LogP contribution in [-0.4, -0.2) is 25.5 Å². The van der Waals surface area contributed by atoms with Gasteiger partial charge in [-0.1, -0.05) is 18.2 Å². The van der Waals surface area contributed by atoms with E-state index in [4.69, 9.17) is 0 Å². The molecule has 0 spiro atoms. The Morgan fingerprint density at radius 3 is 3.05 bits per heavy atom. The minimum atomic E-state index is 0.0649. The van der Waals surface area contributed by atoms with Gasteiger partial charge in [0.15, 0.2) is 0 Å². The molecule has 1 aromatic heterocycles. The van der Waals surface area contributed by atoms with Crippen LogP contribution in [-0.2, 0) is 11.3 Å². The molecule has 0 saturated heterocycles. The summed E-state index contributed by atoms with van der Waals surface area (Å²) in [5, 5.41) is 8.34. The lowest BCUT2D eigenvalue weighted by molar-refractivity contribution is -0.119. The van der Waals surface area contributed by atoms with E-state index in [9.17, 15) is 4.79 Å². The number of hydrogen-bond donors (Lipinski definition) is 2. The van der Waals surface area contributed by atoms with Gasteiger partial charge in [-0.25, -0.2) is 0 Å². The van der Waals surface area contributed by atoms with Gasteiger partial charge in [-0.2, -0.15) is 0 Å². The second kappa shape index (κ2) is 5.96. The minimum Gasteiger partial charge on any atom is -0.382 e. The van der Waals surface area contributed by atoms with E-state index in [0.29, 0.717) is 13.1 Å². The molecule has 0 atom stereocenters. The fraction of sp³-hybridized carbons (Fsp3) is 0.267. The quantitative estimate of drug-likeness (QED) is 0.907. The Labute approximate surface area is 122 Å². The topological polar surface area (TPSA) is 44.4 Å². The number of carbonyl (C=O) groups is 1. The highest BCUT2D eigenvalue weighted by Gasteiger charge is 2.18. The molecule has 1 amide bonds. The van der Waals surface area contributed by atoms with Gasteiger partial charge < -0.3 is 15.5 Å². The maximum absolute atomic E-state index is 12.0. The SMILES string of the molecule is O=C(CN1CCNc2ccccc21)NCc1cccs1. The van der Waals surface area contributed by atoms with E-state index in [-0.39, 0.29) is 5.91 Å². The standard InChI is InChI=1S/C15H17N3OS/c19-15(17-10-12-4-3-9-20-12)11-18-8-7-16-13-5-1-2-6-14(13)18/h1-6,9,16H,7-8,10-11H2,(H,17,19). The second-order valence-corrected chi connectivity index (χ2v) is 5.75. The van der Waals surface area contributed by atoms with Crippen LogP contribution >= 0.6 is 11.3 Å². The number of benzene rings is 1. The molecular weight excluding hydrogens is 270 g/mol. The van der Waals surface area contributed by atoms with E-state index in [1.165, 1.54) is 4.88 Å². The van der Waals surface area contributed by atoms with Gasteiger partial charge in [0.1, 0.15) is 0 Å². The average Bonchev–Trinajstić information content (AvgIpc) is 2.99.